The van der Waals surface area contributed by atoms with Gasteiger partial charge < -0.3 is 9.72 Å². The summed E-state index contributed by atoms with van der Waals surface area (Å²) in [5.41, 5.74) is 1.93. The van der Waals surface area contributed by atoms with Crippen molar-refractivity contribution < 1.29 is 9.53 Å². The van der Waals surface area contributed by atoms with Gasteiger partial charge in [0.1, 0.15) is 10.6 Å². The Balaban J connectivity index is 2.11. The normalized spacial score (nSPS) is 10.4. The number of H-pyrrole nitrogens is 1. The van der Waals surface area contributed by atoms with Crippen molar-refractivity contribution in [2.45, 2.75) is 0 Å². The predicted octanol–water partition coefficient (Wildman–Crippen LogP) is 3.34. The van der Waals surface area contributed by atoms with E-state index in [1.165, 1.54) is 11.3 Å². The monoisotopic (exact) mass is 282 g/mol. The van der Waals surface area contributed by atoms with E-state index >= 15 is 0 Å². The number of nitriles is 1. The summed E-state index contributed by atoms with van der Waals surface area (Å²) in [6.45, 7) is 0. The molecule has 0 bridgehead atoms. The van der Waals surface area contributed by atoms with Crippen molar-refractivity contribution in [3.05, 3.63) is 51.8 Å². The lowest BCUT2D eigenvalue weighted by Crippen LogP contribution is -1.99. The summed E-state index contributed by atoms with van der Waals surface area (Å²) in [5, 5.41) is 11.5. The number of rotatable bonds is 3. The van der Waals surface area contributed by atoms with Gasteiger partial charge in [-0.1, -0.05) is 6.07 Å². The third-order valence-corrected chi connectivity index (χ3v) is 4.01. The van der Waals surface area contributed by atoms with Crippen molar-refractivity contribution in [2.24, 2.45) is 0 Å². The third kappa shape index (κ3) is 1.87. The molecule has 5 heteroatoms. The molecule has 4 nitrogen and oxygen atoms in total. The number of thiophene rings is 1. The van der Waals surface area contributed by atoms with E-state index in [9.17, 15) is 4.79 Å². The van der Waals surface area contributed by atoms with Crippen LogP contribution in [0.1, 0.15) is 20.8 Å². The Labute approximate surface area is 119 Å². The summed E-state index contributed by atoms with van der Waals surface area (Å²) in [6.07, 6.45) is 1.67. The predicted molar refractivity (Wildman–Crippen MR) is 77.3 cm³/mol. The van der Waals surface area contributed by atoms with Crippen LogP contribution in [-0.2, 0) is 0 Å². The smallest absolute Gasteiger partial charge is 0.208 e. The second kappa shape index (κ2) is 4.83. The second-order valence-corrected chi connectivity index (χ2v) is 5.14. The molecule has 0 unspecified atom stereocenters. The van der Waals surface area contributed by atoms with Crippen LogP contribution in [-0.4, -0.2) is 17.9 Å². The van der Waals surface area contributed by atoms with Gasteiger partial charge in [0.15, 0.2) is 0 Å². The van der Waals surface area contributed by atoms with Crippen LogP contribution in [0.25, 0.3) is 10.9 Å². The number of hydrogen-bond donors (Lipinski definition) is 1. The van der Waals surface area contributed by atoms with Crippen molar-refractivity contribution in [1.29, 1.82) is 5.26 Å². The van der Waals surface area contributed by atoms with Gasteiger partial charge in [0, 0.05) is 22.7 Å². The third-order valence-electron chi connectivity index (χ3n) is 3.11. The highest BCUT2D eigenvalue weighted by Gasteiger charge is 2.19. The number of ether oxygens (including phenoxy) is 1. The first-order chi connectivity index (χ1) is 9.74. The molecule has 1 aromatic carbocycles. The standard InChI is InChI=1S/C15H10N2O2S/c1-19-13-4-5-20-15(13)14(18)11-8-17-12-6-9(7-16)2-3-10(11)12/h2-6,8,17H,1H3. The van der Waals surface area contributed by atoms with Gasteiger partial charge in [0.25, 0.3) is 0 Å². The van der Waals surface area contributed by atoms with E-state index in [2.05, 4.69) is 11.1 Å². The summed E-state index contributed by atoms with van der Waals surface area (Å²) in [7, 11) is 1.55. The lowest BCUT2D eigenvalue weighted by Gasteiger charge is -2.01. The van der Waals surface area contributed by atoms with Crippen LogP contribution in [0, 0.1) is 11.3 Å². The number of nitrogens with one attached hydrogen (secondary N) is 1. The van der Waals surface area contributed by atoms with E-state index in [4.69, 9.17) is 10.00 Å². The molecule has 0 fully saturated rings. The maximum Gasteiger partial charge on any atom is 0.208 e. The number of nitrogens with zero attached hydrogens (tertiary/aromatic N) is 1. The SMILES string of the molecule is COc1ccsc1C(=O)c1c[nH]c2cc(C#N)ccc12. The fraction of sp³-hybridized carbons (Fsp3) is 0.0667. The van der Waals surface area contributed by atoms with Gasteiger partial charge in [-0.25, -0.2) is 0 Å². The molecule has 2 heterocycles. The minimum absolute atomic E-state index is 0.0761. The van der Waals surface area contributed by atoms with Crippen LogP contribution in [0.2, 0.25) is 0 Å². The van der Waals surface area contributed by atoms with E-state index in [1.54, 1.807) is 37.6 Å². The maximum atomic E-state index is 12.6. The number of carbonyl (C=O) groups excluding carboxylic acids is 1. The minimum Gasteiger partial charge on any atom is -0.495 e. The summed E-state index contributed by atoms with van der Waals surface area (Å²) in [5.74, 6) is 0.510. The summed E-state index contributed by atoms with van der Waals surface area (Å²) in [4.78, 5) is 16.2. The molecule has 3 aromatic rings. The Hall–Kier alpha value is -2.58. The zero-order chi connectivity index (χ0) is 14.1. The molecule has 0 atom stereocenters. The molecule has 1 N–H and O–H groups in total. The summed E-state index contributed by atoms with van der Waals surface area (Å²) in [6, 6.07) is 9.09. The van der Waals surface area contributed by atoms with Crippen LogP contribution < -0.4 is 4.74 Å². The molecule has 20 heavy (non-hydrogen) atoms. The van der Waals surface area contributed by atoms with Crippen molar-refractivity contribution >= 4 is 28.0 Å². The molecular weight excluding hydrogens is 272 g/mol. The molecule has 2 aromatic heterocycles. The van der Waals surface area contributed by atoms with E-state index in [-0.39, 0.29) is 5.78 Å². The van der Waals surface area contributed by atoms with Gasteiger partial charge >= 0.3 is 0 Å². The molecule has 98 valence electrons. The molecule has 0 aliphatic carbocycles. The Bertz CT molecular complexity index is 839. The van der Waals surface area contributed by atoms with Gasteiger partial charge in [0.2, 0.25) is 5.78 Å². The molecule has 0 spiro atoms. The first kappa shape index (κ1) is 12.5. The lowest BCUT2D eigenvalue weighted by molar-refractivity contribution is 0.104. The Morgan fingerprint density at radius 2 is 2.25 bits per heavy atom. The van der Waals surface area contributed by atoms with Gasteiger partial charge in [-0.15, -0.1) is 11.3 Å². The van der Waals surface area contributed by atoms with Crippen molar-refractivity contribution in [3.63, 3.8) is 0 Å². The van der Waals surface area contributed by atoms with Crippen molar-refractivity contribution in [3.8, 4) is 11.8 Å². The summed E-state index contributed by atoms with van der Waals surface area (Å²) >= 11 is 1.36. The second-order valence-electron chi connectivity index (χ2n) is 4.22. The number of aromatic nitrogens is 1. The zero-order valence-corrected chi connectivity index (χ0v) is 11.5. The molecule has 0 saturated carbocycles. The minimum atomic E-state index is -0.0761. The van der Waals surface area contributed by atoms with Gasteiger partial charge in [-0.3, -0.25) is 4.79 Å². The first-order valence-corrected chi connectivity index (χ1v) is 6.80. The molecule has 0 saturated heterocycles. The van der Waals surface area contributed by atoms with Gasteiger partial charge in [-0.2, -0.15) is 5.26 Å². The number of carbonyl (C=O) groups is 1. The van der Waals surface area contributed by atoms with Crippen LogP contribution in [0.5, 0.6) is 5.75 Å². The number of hydrogen-bond acceptors (Lipinski definition) is 4. The highest BCUT2D eigenvalue weighted by atomic mass is 32.1. The van der Waals surface area contributed by atoms with Gasteiger partial charge in [0.05, 0.1) is 18.7 Å². The molecule has 0 aliphatic rings. The number of fused-ring (bicyclic) bond motifs is 1. The lowest BCUT2D eigenvalue weighted by atomic mass is 10.1. The highest BCUT2D eigenvalue weighted by molar-refractivity contribution is 7.12. The molecule has 0 radical (unpaired) electrons. The average molecular weight is 282 g/mol. The molecule has 0 amide bonds. The average Bonchev–Trinajstić information content (AvgIpc) is 3.12. The fourth-order valence-electron chi connectivity index (χ4n) is 2.13. The van der Waals surface area contributed by atoms with E-state index in [1.807, 2.05) is 5.38 Å². The Kier molecular flexibility index (Phi) is 3.01. The molecule has 0 aliphatic heterocycles. The number of methoxy groups -OCH3 is 1. The fourth-order valence-corrected chi connectivity index (χ4v) is 2.94. The van der Waals surface area contributed by atoms with E-state index in [0.29, 0.717) is 21.8 Å². The first-order valence-electron chi connectivity index (χ1n) is 5.92. The van der Waals surface area contributed by atoms with Gasteiger partial charge in [-0.05, 0) is 23.6 Å². The topological polar surface area (TPSA) is 65.9 Å². The summed E-state index contributed by atoms with van der Waals surface area (Å²) < 4.78 is 5.19. The quantitative estimate of drug-likeness (QED) is 0.749. The largest absolute Gasteiger partial charge is 0.495 e. The number of ketones is 1. The zero-order valence-electron chi connectivity index (χ0n) is 10.6. The number of benzene rings is 1. The Morgan fingerprint density at radius 3 is 3.00 bits per heavy atom. The van der Waals surface area contributed by atoms with Crippen LogP contribution in [0.3, 0.4) is 0 Å². The van der Waals surface area contributed by atoms with E-state index < -0.39 is 0 Å². The Morgan fingerprint density at radius 1 is 1.40 bits per heavy atom. The van der Waals surface area contributed by atoms with Crippen LogP contribution >= 0.6 is 11.3 Å². The van der Waals surface area contributed by atoms with Crippen molar-refractivity contribution in [1.82, 2.24) is 4.98 Å². The van der Waals surface area contributed by atoms with E-state index in [0.717, 1.165) is 10.9 Å². The van der Waals surface area contributed by atoms with Crippen LogP contribution in [0.15, 0.2) is 35.8 Å². The maximum absolute atomic E-state index is 12.6. The molecule has 3 rings (SSSR count). The number of aromatic amines is 1. The van der Waals surface area contributed by atoms with Crippen LogP contribution in [0.4, 0.5) is 0 Å². The van der Waals surface area contributed by atoms with Crippen molar-refractivity contribution in [2.75, 3.05) is 7.11 Å². The molecular formula is C15H10N2O2S. The highest BCUT2D eigenvalue weighted by Crippen LogP contribution is 2.30.